The van der Waals surface area contributed by atoms with Crippen LogP contribution in [-0.2, 0) is 4.79 Å². The van der Waals surface area contributed by atoms with Gasteiger partial charge in [-0.25, -0.2) is 4.98 Å². The molecule has 152 valence electrons. The molecule has 0 aliphatic heterocycles. The summed E-state index contributed by atoms with van der Waals surface area (Å²) in [4.78, 5) is 21.8. The molecule has 1 N–H and O–H groups in total. The minimum absolute atomic E-state index is 0.0137. The summed E-state index contributed by atoms with van der Waals surface area (Å²) in [6, 6.07) is 4.10. The Morgan fingerprint density at radius 1 is 1.32 bits per heavy atom. The molecule has 2 aromatic heterocycles. The maximum absolute atomic E-state index is 12.5. The first-order chi connectivity index (χ1) is 13.3. The van der Waals surface area contributed by atoms with E-state index >= 15 is 0 Å². The summed E-state index contributed by atoms with van der Waals surface area (Å²) in [5.74, 6) is 1.17. The van der Waals surface area contributed by atoms with E-state index in [1.165, 1.54) is 12.0 Å². The Kier molecular flexibility index (Phi) is 6.06. The molecule has 0 saturated heterocycles. The Hall–Kier alpha value is -2.37. The van der Waals surface area contributed by atoms with Crippen LogP contribution >= 0.6 is 0 Å². The summed E-state index contributed by atoms with van der Waals surface area (Å²) < 4.78 is 7.95. The second kappa shape index (κ2) is 8.33. The fourth-order valence-electron chi connectivity index (χ4n) is 3.36. The second-order valence-corrected chi connectivity index (χ2v) is 8.92. The maximum atomic E-state index is 12.5. The standard InChI is InChI=1S/C22H32N4O2/c1-6-8-15(2)14-28-19-12-11-17-20(25-19)26(16-9-7-10-16)21(23-17)24-18(27)13-22(3,4)5/h8,11-12,16H,6-7,9-10,13-14H2,1-5H3,(H,23,24,27)/b15-8+. The molecule has 0 bridgehead atoms. The zero-order valence-electron chi connectivity index (χ0n) is 17.7. The molecule has 1 amide bonds. The van der Waals surface area contributed by atoms with Crippen LogP contribution in [-0.4, -0.2) is 27.0 Å². The molecule has 1 aliphatic rings. The van der Waals surface area contributed by atoms with Gasteiger partial charge in [-0.15, -0.1) is 0 Å². The van der Waals surface area contributed by atoms with Crippen LogP contribution in [0.15, 0.2) is 23.8 Å². The van der Waals surface area contributed by atoms with Crippen molar-refractivity contribution in [3.63, 3.8) is 0 Å². The smallest absolute Gasteiger partial charge is 0.227 e. The molecule has 2 aromatic rings. The molecule has 0 spiro atoms. The van der Waals surface area contributed by atoms with Gasteiger partial charge < -0.3 is 4.74 Å². The quantitative estimate of drug-likeness (QED) is 0.661. The van der Waals surface area contributed by atoms with E-state index in [2.05, 4.69) is 55.6 Å². The average Bonchev–Trinajstić information content (AvgIpc) is 2.87. The topological polar surface area (TPSA) is 69.0 Å². The van der Waals surface area contributed by atoms with E-state index in [9.17, 15) is 4.79 Å². The van der Waals surface area contributed by atoms with E-state index in [0.717, 1.165) is 30.4 Å². The maximum Gasteiger partial charge on any atom is 0.227 e. The summed E-state index contributed by atoms with van der Waals surface area (Å²) in [7, 11) is 0. The van der Waals surface area contributed by atoms with Gasteiger partial charge in [0.2, 0.25) is 17.7 Å². The summed E-state index contributed by atoms with van der Waals surface area (Å²) >= 11 is 0. The predicted octanol–water partition coefficient (Wildman–Crippen LogP) is 5.27. The van der Waals surface area contributed by atoms with Crippen LogP contribution in [0, 0.1) is 5.41 Å². The highest BCUT2D eigenvalue weighted by molar-refractivity contribution is 5.91. The number of nitrogens with zero attached hydrogens (tertiary/aromatic N) is 3. The van der Waals surface area contributed by atoms with Crippen LogP contribution in [0.3, 0.4) is 0 Å². The lowest BCUT2D eigenvalue weighted by Crippen LogP contribution is -2.24. The summed E-state index contributed by atoms with van der Waals surface area (Å²) in [5.41, 5.74) is 2.68. The number of carbonyl (C=O) groups is 1. The lowest BCUT2D eigenvalue weighted by molar-refractivity contribution is -0.117. The fourth-order valence-corrected chi connectivity index (χ4v) is 3.36. The first-order valence-electron chi connectivity index (χ1n) is 10.2. The van der Waals surface area contributed by atoms with Gasteiger partial charge in [-0.1, -0.05) is 33.8 Å². The van der Waals surface area contributed by atoms with E-state index < -0.39 is 0 Å². The number of amides is 1. The minimum atomic E-state index is -0.0689. The molecule has 0 unspecified atom stereocenters. The Balaban J connectivity index is 1.87. The highest BCUT2D eigenvalue weighted by atomic mass is 16.5. The molecular weight excluding hydrogens is 352 g/mol. The number of pyridine rings is 1. The van der Waals surface area contributed by atoms with Crippen LogP contribution in [0.4, 0.5) is 5.95 Å². The number of aromatic nitrogens is 3. The Bertz CT molecular complexity index is 873. The Morgan fingerprint density at radius 2 is 2.07 bits per heavy atom. The lowest BCUT2D eigenvalue weighted by atomic mass is 9.92. The number of fused-ring (bicyclic) bond motifs is 1. The SMILES string of the molecule is CC/C=C(\C)COc1ccc2nc(NC(=O)CC(C)(C)C)n(C3CCC3)c2n1. The fraction of sp³-hybridized carbons (Fsp3) is 0.591. The molecule has 1 aliphatic carbocycles. The lowest BCUT2D eigenvalue weighted by Gasteiger charge is -2.28. The zero-order valence-corrected chi connectivity index (χ0v) is 17.7. The number of allylic oxidation sites excluding steroid dienone is 1. The van der Waals surface area contributed by atoms with E-state index in [1.54, 1.807) is 0 Å². The summed E-state index contributed by atoms with van der Waals surface area (Å²) in [6.07, 6.45) is 6.95. The van der Waals surface area contributed by atoms with Crippen molar-refractivity contribution in [2.75, 3.05) is 11.9 Å². The largest absolute Gasteiger partial charge is 0.473 e. The monoisotopic (exact) mass is 384 g/mol. The molecule has 1 saturated carbocycles. The van der Waals surface area contributed by atoms with Crippen molar-refractivity contribution in [1.29, 1.82) is 0 Å². The van der Waals surface area contributed by atoms with E-state index in [1.807, 2.05) is 12.1 Å². The molecule has 0 atom stereocenters. The summed E-state index contributed by atoms with van der Waals surface area (Å²) in [5, 5.41) is 3.02. The third-order valence-corrected chi connectivity index (χ3v) is 4.89. The van der Waals surface area contributed by atoms with Gasteiger partial charge in [0, 0.05) is 18.5 Å². The number of ether oxygens (including phenoxy) is 1. The van der Waals surface area contributed by atoms with Gasteiger partial charge in [-0.2, -0.15) is 4.98 Å². The van der Waals surface area contributed by atoms with Crippen molar-refractivity contribution in [3.05, 3.63) is 23.8 Å². The number of hydrogen-bond acceptors (Lipinski definition) is 4. The number of carbonyl (C=O) groups excluding carboxylic acids is 1. The van der Waals surface area contributed by atoms with E-state index in [0.29, 0.717) is 30.9 Å². The molecule has 0 aromatic carbocycles. The second-order valence-electron chi connectivity index (χ2n) is 8.92. The molecular formula is C22H32N4O2. The first kappa shape index (κ1) is 20.4. The molecule has 2 heterocycles. The first-order valence-corrected chi connectivity index (χ1v) is 10.2. The molecule has 3 rings (SSSR count). The molecule has 1 fully saturated rings. The minimum Gasteiger partial charge on any atom is -0.473 e. The van der Waals surface area contributed by atoms with Gasteiger partial charge in [-0.3, -0.25) is 14.7 Å². The van der Waals surface area contributed by atoms with E-state index in [-0.39, 0.29) is 11.3 Å². The number of hydrogen-bond donors (Lipinski definition) is 1. The van der Waals surface area contributed by atoms with Crippen molar-refractivity contribution in [3.8, 4) is 5.88 Å². The summed E-state index contributed by atoms with van der Waals surface area (Å²) in [6.45, 7) is 10.9. The van der Waals surface area contributed by atoms with Crippen LogP contribution < -0.4 is 10.1 Å². The van der Waals surface area contributed by atoms with Crippen molar-refractivity contribution in [1.82, 2.24) is 14.5 Å². The number of rotatable bonds is 7. The van der Waals surface area contributed by atoms with Crippen LogP contribution in [0.25, 0.3) is 11.2 Å². The van der Waals surface area contributed by atoms with Gasteiger partial charge in [0.1, 0.15) is 12.1 Å². The van der Waals surface area contributed by atoms with Crippen molar-refractivity contribution in [2.45, 2.75) is 72.8 Å². The molecule has 6 nitrogen and oxygen atoms in total. The van der Waals surface area contributed by atoms with Crippen molar-refractivity contribution in [2.24, 2.45) is 5.41 Å². The van der Waals surface area contributed by atoms with Crippen LogP contribution in [0.5, 0.6) is 5.88 Å². The Labute approximate surface area is 167 Å². The normalized spacial score (nSPS) is 15.5. The van der Waals surface area contributed by atoms with Gasteiger partial charge in [0.05, 0.1) is 0 Å². The molecule has 28 heavy (non-hydrogen) atoms. The van der Waals surface area contributed by atoms with Gasteiger partial charge >= 0.3 is 0 Å². The third kappa shape index (κ3) is 4.91. The number of anilines is 1. The highest BCUT2D eigenvalue weighted by Crippen LogP contribution is 2.37. The number of imidazole rings is 1. The Morgan fingerprint density at radius 3 is 2.68 bits per heavy atom. The molecule has 6 heteroatoms. The van der Waals surface area contributed by atoms with Crippen LogP contribution in [0.1, 0.15) is 72.8 Å². The molecule has 0 radical (unpaired) electrons. The third-order valence-electron chi connectivity index (χ3n) is 4.89. The zero-order chi connectivity index (χ0) is 20.3. The van der Waals surface area contributed by atoms with Crippen LogP contribution in [0.2, 0.25) is 0 Å². The predicted molar refractivity (Wildman–Crippen MR) is 113 cm³/mol. The van der Waals surface area contributed by atoms with Gasteiger partial charge in [0.25, 0.3) is 0 Å². The van der Waals surface area contributed by atoms with Gasteiger partial charge in [-0.05, 0) is 49.7 Å². The highest BCUT2D eigenvalue weighted by Gasteiger charge is 2.27. The van der Waals surface area contributed by atoms with Crippen molar-refractivity contribution >= 4 is 23.0 Å². The van der Waals surface area contributed by atoms with E-state index in [4.69, 9.17) is 9.72 Å². The average molecular weight is 385 g/mol. The van der Waals surface area contributed by atoms with Crippen molar-refractivity contribution < 1.29 is 9.53 Å². The van der Waals surface area contributed by atoms with Gasteiger partial charge in [0.15, 0.2) is 5.65 Å². The number of nitrogens with one attached hydrogen (secondary N) is 1.